The van der Waals surface area contributed by atoms with Crippen LogP contribution in [0, 0.1) is 11.6 Å². The minimum absolute atomic E-state index is 0.0615. The Morgan fingerprint density at radius 3 is 2.42 bits per heavy atom. The molecule has 0 aliphatic rings. The summed E-state index contributed by atoms with van der Waals surface area (Å²) in [6.45, 7) is 0. The molecule has 1 unspecified atom stereocenters. The molecule has 1 atom stereocenters. The van der Waals surface area contributed by atoms with Gasteiger partial charge >= 0.3 is 6.18 Å². The molecule has 1 aromatic heterocycles. The molecule has 1 heterocycles. The zero-order valence-electron chi connectivity index (χ0n) is 13.1. The van der Waals surface area contributed by atoms with Crippen molar-refractivity contribution in [1.29, 1.82) is 0 Å². The summed E-state index contributed by atoms with van der Waals surface area (Å²) in [5, 5.41) is 1.65. The third-order valence-electron chi connectivity index (χ3n) is 3.02. The second kappa shape index (κ2) is 8.65. The van der Waals surface area contributed by atoms with Gasteiger partial charge in [0.2, 0.25) is 0 Å². The Labute approximate surface area is 153 Å². The van der Waals surface area contributed by atoms with Gasteiger partial charge < -0.3 is 10.3 Å². The van der Waals surface area contributed by atoms with Gasteiger partial charge in [0, 0.05) is 11.6 Å². The fourth-order valence-corrected chi connectivity index (χ4v) is 3.53. The van der Waals surface area contributed by atoms with Crippen molar-refractivity contribution in [3.8, 4) is 0 Å². The Morgan fingerprint density at radius 1 is 1.23 bits per heavy atom. The standard InChI is InChI=1S/C16H13F5N2OS2/c17-11-4-10(5-12(18)6-11)8-26(24)9-23-13(14-2-1-3-25-14)7-15(22)16(19,20)21/h1-7H,8-9,22H2/b15-7-,23-13+. The van der Waals surface area contributed by atoms with E-state index in [2.05, 4.69) is 4.99 Å². The molecule has 2 N–H and O–H groups in total. The molecule has 0 saturated carbocycles. The summed E-state index contributed by atoms with van der Waals surface area (Å²) >= 11 is -0.526. The molecule has 0 bridgehead atoms. The number of alkyl halides is 3. The quantitative estimate of drug-likeness (QED) is 0.444. The summed E-state index contributed by atoms with van der Waals surface area (Å²) in [7, 11) is 0. The fourth-order valence-electron chi connectivity index (χ4n) is 1.92. The molecule has 0 saturated heterocycles. The van der Waals surface area contributed by atoms with Gasteiger partial charge in [0.15, 0.2) is 5.88 Å². The number of aliphatic imine (C=N–C) groups is 1. The van der Waals surface area contributed by atoms with Crippen molar-refractivity contribution in [1.82, 2.24) is 0 Å². The minimum Gasteiger partial charge on any atom is -0.615 e. The largest absolute Gasteiger partial charge is 0.615 e. The van der Waals surface area contributed by atoms with Crippen LogP contribution in [0.4, 0.5) is 22.0 Å². The Kier molecular flexibility index (Phi) is 6.79. The Hall–Kier alpha value is -1.91. The van der Waals surface area contributed by atoms with E-state index in [0.717, 1.165) is 23.5 Å². The lowest BCUT2D eigenvalue weighted by atomic mass is 10.2. The first-order valence-corrected chi connectivity index (χ1v) is 9.44. The van der Waals surface area contributed by atoms with Crippen molar-refractivity contribution in [3.63, 3.8) is 0 Å². The third kappa shape index (κ3) is 6.11. The summed E-state index contributed by atoms with van der Waals surface area (Å²) in [6, 6.07) is 5.93. The van der Waals surface area contributed by atoms with E-state index in [0.29, 0.717) is 17.0 Å². The van der Waals surface area contributed by atoms with Crippen molar-refractivity contribution in [3.05, 3.63) is 69.6 Å². The smallest absolute Gasteiger partial charge is 0.430 e. The Bertz CT molecular complexity index is 783. The fraction of sp³-hybridized carbons (Fsp3) is 0.188. The van der Waals surface area contributed by atoms with Crippen molar-refractivity contribution in [2.45, 2.75) is 11.9 Å². The van der Waals surface area contributed by atoms with Crippen LogP contribution >= 0.6 is 11.3 Å². The maximum atomic E-state index is 13.1. The van der Waals surface area contributed by atoms with Crippen molar-refractivity contribution < 1.29 is 26.5 Å². The van der Waals surface area contributed by atoms with Crippen LogP contribution in [0.2, 0.25) is 0 Å². The number of hydrogen-bond donors (Lipinski definition) is 1. The van der Waals surface area contributed by atoms with E-state index in [1.807, 2.05) is 0 Å². The van der Waals surface area contributed by atoms with Gasteiger partial charge in [0.25, 0.3) is 0 Å². The number of hydrogen-bond acceptors (Lipinski definition) is 4. The number of nitrogens with two attached hydrogens (primary N) is 1. The highest BCUT2D eigenvalue weighted by atomic mass is 32.2. The maximum absolute atomic E-state index is 13.1. The van der Waals surface area contributed by atoms with Crippen molar-refractivity contribution in [2.24, 2.45) is 10.7 Å². The molecule has 2 aromatic rings. The minimum atomic E-state index is -4.71. The van der Waals surface area contributed by atoms with Crippen LogP contribution in [-0.2, 0) is 16.9 Å². The zero-order chi connectivity index (χ0) is 19.3. The third-order valence-corrected chi connectivity index (χ3v) is 4.99. The first kappa shape index (κ1) is 20.4. The van der Waals surface area contributed by atoms with Crippen LogP contribution in [0.1, 0.15) is 10.4 Å². The molecule has 140 valence electrons. The molecule has 26 heavy (non-hydrogen) atoms. The summed E-state index contributed by atoms with van der Waals surface area (Å²) in [4.78, 5) is 4.37. The predicted octanol–water partition coefficient (Wildman–Crippen LogP) is 4.13. The normalized spacial score (nSPS) is 14.5. The average molecular weight is 408 g/mol. The summed E-state index contributed by atoms with van der Waals surface area (Å²) in [6.07, 6.45) is -4.04. The van der Waals surface area contributed by atoms with Crippen LogP contribution in [0.3, 0.4) is 0 Å². The van der Waals surface area contributed by atoms with E-state index >= 15 is 0 Å². The topological polar surface area (TPSA) is 61.4 Å². The molecule has 3 nitrogen and oxygen atoms in total. The lowest BCUT2D eigenvalue weighted by Crippen LogP contribution is -2.21. The van der Waals surface area contributed by atoms with Crippen LogP contribution in [0.15, 0.2) is 52.5 Å². The van der Waals surface area contributed by atoms with Gasteiger partial charge in [0.05, 0.1) is 10.6 Å². The number of nitrogens with zero attached hydrogens (tertiary/aromatic N) is 1. The van der Waals surface area contributed by atoms with Gasteiger partial charge in [-0.3, -0.25) is 0 Å². The molecule has 1 aromatic carbocycles. The summed E-state index contributed by atoms with van der Waals surface area (Å²) < 4.78 is 76.3. The number of halogens is 5. The van der Waals surface area contributed by atoms with E-state index in [4.69, 9.17) is 5.73 Å². The number of rotatable bonds is 6. The summed E-state index contributed by atoms with van der Waals surface area (Å²) in [5.41, 5.74) is 3.80. The van der Waals surface area contributed by atoms with Crippen molar-refractivity contribution >= 4 is 28.2 Å². The van der Waals surface area contributed by atoms with Crippen molar-refractivity contribution in [2.75, 3.05) is 5.88 Å². The molecule has 0 fully saturated rings. The van der Waals surface area contributed by atoms with Gasteiger partial charge in [-0.05, 0) is 40.8 Å². The molecule has 0 aliphatic heterocycles. The van der Waals surface area contributed by atoms with E-state index in [1.54, 1.807) is 17.5 Å². The first-order chi connectivity index (χ1) is 12.1. The summed E-state index contributed by atoms with van der Waals surface area (Å²) in [5.74, 6) is -2.14. The molecule has 0 amide bonds. The molecular formula is C16H13F5N2OS2. The second-order valence-electron chi connectivity index (χ2n) is 5.11. The highest BCUT2D eigenvalue weighted by Crippen LogP contribution is 2.23. The monoisotopic (exact) mass is 408 g/mol. The molecule has 0 radical (unpaired) electrons. The van der Waals surface area contributed by atoms with Crippen LogP contribution < -0.4 is 5.73 Å². The van der Waals surface area contributed by atoms with E-state index in [-0.39, 0.29) is 22.9 Å². The average Bonchev–Trinajstić information content (AvgIpc) is 3.03. The SMILES string of the molecule is N/C(=C\C(=N/C[S+]([O-])Cc1cc(F)cc(F)c1)c1cccs1)C(F)(F)F. The number of allylic oxidation sites excluding steroid dienone is 2. The van der Waals surface area contributed by atoms with Crippen LogP contribution in [0.5, 0.6) is 0 Å². The first-order valence-electron chi connectivity index (χ1n) is 7.08. The molecule has 0 spiro atoms. The predicted molar refractivity (Wildman–Crippen MR) is 92.3 cm³/mol. The Morgan fingerprint density at radius 2 is 1.88 bits per heavy atom. The van der Waals surface area contributed by atoms with E-state index < -0.39 is 34.7 Å². The van der Waals surface area contributed by atoms with Crippen LogP contribution in [0.25, 0.3) is 0 Å². The van der Waals surface area contributed by atoms with E-state index in [9.17, 15) is 26.5 Å². The molecule has 2 rings (SSSR count). The van der Waals surface area contributed by atoms with Gasteiger partial charge in [-0.25, -0.2) is 13.8 Å². The van der Waals surface area contributed by atoms with Gasteiger partial charge in [-0.1, -0.05) is 6.07 Å². The zero-order valence-corrected chi connectivity index (χ0v) is 14.7. The highest BCUT2D eigenvalue weighted by molar-refractivity contribution is 7.90. The van der Waals surface area contributed by atoms with Gasteiger partial charge in [0.1, 0.15) is 23.1 Å². The lowest BCUT2D eigenvalue weighted by Gasteiger charge is -2.10. The molecule has 0 aliphatic carbocycles. The maximum Gasteiger partial charge on any atom is 0.430 e. The van der Waals surface area contributed by atoms with Gasteiger partial charge in [-0.2, -0.15) is 13.2 Å². The number of benzene rings is 1. The molecule has 10 heteroatoms. The molecular weight excluding hydrogens is 395 g/mol. The van der Waals surface area contributed by atoms with Crippen LogP contribution in [-0.4, -0.2) is 22.3 Å². The Balaban J connectivity index is 2.16. The lowest BCUT2D eigenvalue weighted by molar-refractivity contribution is -0.0925. The second-order valence-corrected chi connectivity index (χ2v) is 7.48. The number of thiophene rings is 1. The highest BCUT2D eigenvalue weighted by Gasteiger charge is 2.31. The van der Waals surface area contributed by atoms with E-state index in [1.165, 1.54) is 0 Å². The van der Waals surface area contributed by atoms with Gasteiger partial charge in [-0.15, -0.1) is 11.3 Å².